The van der Waals surface area contributed by atoms with E-state index in [-0.39, 0.29) is 30.7 Å². The SMILES string of the molecule is Cl.Fc1ccccc1OCc1noc([C@H]2CCNC2)n1. The first-order valence-electron chi connectivity index (χ1n) is 6.23. The highest BCUT2D eigenvalue weighted by Gasteiger charge is 2.22. The lowest BCUT2D eigenvalue weighted by molar-refractivity contribution is 0.272. The molecule has 1 saturated heterocycles. The average molecular weight is 300 g/mol. The molecule has 108 valence electrons. The van der Waals surface area contributed by atoms with Gasteiger partial charge in [-0.05, 0) is 25.1 Å². The van der Waals surface area contributed by atoms with E-state index in [9.17, 15) is 4.39 Å². The molecule has 5 nitrogen and oxygen atoms in total. The minimum absolute atomic E-state index is 0. The topological polar surface area (TPSA) is 60.2 Å². The molecule has 0 aliphatic carbocycles. The summed E-state index contributed by atoms with van der Waals surface area (Å²) in [6.45, 7) is 1.93. The second-order valence-electron chi connectivity index (χ2n) is 4.46. The van der Waals surface area contributed by atoms with Crippen LogP contribution in [0.25, 0.3) is 0 Å². The third-order valence-electron chi connectivity index (χ3n) is 3.09. The van der Waals surface area contributed by atoms with Gasteiger partial charge in [-0.15, -0.1) is 12.4 Å². The fraction of sp³-hybridized carbons (Fsp3) is 0.385. The molecule has 1 aliphatic rings. The van der Waals surface area contributed by atoms with Crippen LogP contribution in [0.3, 0.4) is 0 Å². The van der Waals surface area contributed by atoms with Gasteiger partial charge in [-0.2, -0.15) is 4.98 Å². The summed E-state index contributed by atoms with van der Waals surface area (Å²) in [5.74, 6) is 1.12. The van der Waals surface area contributed by atoms with Crippen LogP contribution in [0.1, 0.15) is 24.1 Å². The zero-order chi connectivity index (χ0) is 13.1. The van der Waals surface area contributed by atoms with Gasteiger partial charge in [0.2, 0.25) is 11.7 Å². The van der Waals surface area contributed by atoms with Gasteiger partial charge in [-0.25, -0.2) is 4.39 Å². The number of rotatable bonds is 4. The number of aromatic nitrogens is 2. The fourth-order valence-corrected chi connectivity index (χ4v) is 2.06. The molecular weight excluding hydrogens is 285 g/mol. The van der Waals surface area contributed by atoms with Crippen LogP contribution in [-0.2, 0) is 6.61 Å². The van der Waals surface area contributed by atoms with Gasteiger partial charge in [0.15, 0.2) is 18.2 Å². The normalized spacial score (nSPS) is 17.8. The maximum Gasteiger partial charge on any atom is 0.231 e. The van der Waals surface area contributed by atoms with E-state index in [4.69, 9.17) is 9.26 Å². The highest BCUT2D eigenvalue weighted by atomic mass is 35.5. The Balaban J connectivity index is 0.00000147. The van der Waals surface area contributed by atoms with Crippen molar-refractivity contribution in [3.05, 3.63) is 41.8 Å². The monoisotopic (exact) mass is 299 g/mol. The number of benzene rings is 1. The summed E-state index contributed by atoms with van der Waals surface area (Å²) in [5, 5.41) is 7.08. The van der Waals surface area contributed by atoms with E-state index >= 15 is 0 Å². The highest BCUT2D eigenvalue weighted by molar-refractivity contribution is 5.85. The zero-order valence-corrected chi connectivity index (χ0v) is 11.5. The quantitative estimate of drug-likeness (QED) is 0.938. The number of para-hydroxylation sites is 1. The number of halogens is 2. The van der Waals surface area contributed by atoms with E-state index < -0.39 is 5.82 Å². The van der Waals surface area contributed by atoms with Gasteiger partial charge in [0.25, 0.3) is 0 Å². The van der Waals surface area contributed by atoms with Crippen LogP contribution in [0.4, 0.5) is 4.39 Å². The van der Waals surface area contributed by atoms with Crippen molar-refractivity contribution in [2.75, 3.05) is 13.1 Å². The average Bonchev–Trinajstić information content (AvgIpc) is 3.09. The molecule has 1 N–H and O–H groups in total. The van der Waals surface area contributed by atoms with Gasteiger partial charge in [-0.1, -0.05) is 17.3 Å². The van der Waals surface area contributed by atoms with Crippen LogP contribution in [0.2, 0.25) is 0 Å². The Hall–Kier alpha value is -1.66. The minimum atomic E-state index is -0.397. The lowest BCUT2D eigenvalue weighted by Gasteiger charge is -2.03. The van der Waals surface area contributed by atoms with E-state index in [0.29, 0.717) is 11.7 Å². The summed E-state index contributed by atoms with van der Waals surface area (Å²) in [6, 6.07) is 6.24. The molecule has 1 fully saturated rings. The van der Waals surface area contributed by atoms with Gasteiger partial charge in [0, 0.05) is 6.54 Å². The Morgan fingerprint density at radius 1 is 1.40 bits per heavy atom. The van der Waals surface area contributed by atoms with E-state index in [1.807, 2.05) is 0 Å². The van der Waals surface area contributed by atoms with Crippen LogP contribution in [0.5, 0.6) is 5.75 Å². The van der Waals surface area contributed by atoms with Crippen molar-refractivity contribution in [1.82, 2.24) is 15.5 Å². The summed E-state index contributed by atoms with van der Waals surface area (Å²) >= 11 is 0. The summed E-state index contributed by atoms with van der Waals surface area (Å²) < 4.78 is 23.9. The fourth-order valence-electron chi connectivity index (χ4n) is 2.06. The first-order valence-corrected chi connectivity index (χ1v) is 6.23. The minimum Gasteiger partial charge on any atom is -0.482 e. The van der Waals surface area contributed by atoms with E-state index in [1.54, 1.807) is 18.2 Å². The summed E-state index contributed by atoms with van der Waals surface area (Å²) in [5.41, 5.74) is 0. The van der Waals surface area contributed by atoms with Crippen LogP contribution < -0.4 is 10.1 Å². The Morgan fingerprint density at radius 3 is 3.00 bits per heavy atom. The van der Waals surface area contributed by atoms with Crippen molar-refractivity contribution in [3.63, 3.8) is 0 Å². The van der Waals surface area contributed by atoms with Gasteiger partial charge >= 0.3 is 0 Å². The largest absolute Gasteiger partial charge is 0.482 e. The van der Waals surface area contributed by atoms with Crippen molar-refractivity contribution >= 4 is 12.4 Å². The Morgan fingerprint density at radius 2 is 2.25 bits per heavy atom. The Kier molecular flexibility index (Phi) is 4.92. The molecule has 0 amide bonds. The Bertz CT molecular complexity index is 558. The van der Waals surface area contributed by atoms with Gasteiger partial charge in [-0.3, -0.25) is 0 Å². The van der Waals surface area contributed by atoms with E-state index in [1.165, 1.54) is 6.07 Å². The van der Waals surface area contributed by atoms with Gasteiger partial charge < -0.3 is 14.6 Å². The number of hydrogen-bond acceptors (Lipinski definition) is 5. The van der Waals surface area contributed by atoms with Crippen LogP contribution in [-0.4, -0.2) is 23.2 Å². The lowest BCUT2D eigenvalue weighted by atomic mass is 10.1. The van der Waals surface area contributed by atoms with Gasteiger partial charge in [0.1, 0.15) is 0 Å². The standard InChI is InChI=1S/C13H14FN3O2.ClH/c14-10-3-1-2-4-11(10)18-8-12-16-13(19-17-12)9-5-6-15-7-9;/h1-4,9,15H,5-8H2;1H/t9-;/m0./s1. The molecule has 2 heterocycles. The molecule has 3 rings (SSSR count). The molecule has 0 saturated carbocycles. The third kappa shape index (κ3) is 3.26. The van der Waals surface area contributed by atoms with Crippen molar-refractivity contribution in [2.24, 2.45) is 0 Å². The van der Waals surface area contributed by atoms with Crippen molar-refractivity contribution in [1.29, 1.82) is 0 Å². The molecule has 0 unspecified atom stereocenters. The number of nitrogens with one attached hydrogen (secondary N) is 1. The predicted octanol–water partition coefficient (Wildman–Crippen LogP) is 2.29. The molecule has 7 heteroatoms. The molecule has 1 aromatic heterocycles. The first-order chi connectivity index (χ1) is 9.33. The predicted molar refractivity (Wildman–Crippen MR) is 72.5 cm³/mol. The van der Waals surface area contributed by atoms with E-state index in [0.717, 1.165) is 19.5 Å². The molecule has 0 spiro atoms. The van der Waals surface area contributed by atoms with Crippen LogP contribution in [0.15, 0.2) is 28.8 Å². The lowest BCUT2D eigenvalue weighted by Crippen LogP contribution is -2.08. The van der Waals surface area contributed by atoms with Crippen molar-refractivity contribution in [2.45, 2.75) is 18.9 Å². The van der Waals surface area contributed by atoms with Crippen LogP contribution >= 0.6 is 12.4 Å². The molecular formula is C13H15ClFN3O2. The number of hydrogen-bond donors (Lipinski definition) is 1. The second-order valence-corrected chi connectivity index (χ2v) is 4.46. The molecule has 0 bridgehead atoms. The zero-order valence-electron chi connectivity index (χ0n) is 10.7. The molecule has 1 aliphatic heterocycles. The molecule has 1 atom stereocenters. The van der Waals surface area contributed by atoms with E-state index in [2.05, 4.69) is 15.5 Å². The number of ether oxygens (including phenoxy) is 1. The van der Waals surface area contributed by atoms with Gasteiger partial charge in [0.05, 0.1) is 5.92 Å². The maximum atomic E-state index is 13.3. The summed E-state index contributed by atoms with van der Waals surface area (Å²) in [6.07, 6.45) is 0.996. The maximum absolute atomic E-state index is 13.3. The molecule has 20 heavy (non-hydrogen) atoms. The molecule has 1 aromatic carbocycles. The highest BCUT2D eigenvalue weighted by Crippen LogP contribution is 2.21. The summed E-state index contributed by atoms with van der Waals surface area (Å²) in [4.78, 5) is 4.27. The second kappa shape index (κ2) is 6.67. The number of nitrogens with zero attached hydrogens (tertiary/aromatic N) is 2. The first kappa shape index (κ1) is 14.7. The third-order valence-corrected chi connectivity index (χ3v) is 3.09. The molecule has 2 aromatic rings. The van der Waals surface area contributed by atoms with Crippen LogP contribution in [0, 0.1) is 5.82 Å². The Labute approximate surface area is 121 Å². The van der Waals surface area contributed by atoms with Crippen molar-refractivity contribution < 1.29 is 13.7 Å². The molecule has 0 radical (unpaired) electrons. The smallest absolute Gasteiger partial charge is 0.231 e. The summed E-state index contributed by atoms with van der Waals surface area (Å²) in [7, 11) is 0. The van der Waals surface area contributed by atoms with Crippen molar-refractivity contribution in [3.8, 4) is 5.75 Å².